The van der Waals surface area contributed by atoms with Crippen molar-refractivity contribution in [1.29, 1.82) is 0 Å². The Hall–Kier alpha value is -1.46. The molecule has 1 aromatic rings. The molecule has 1 atom stereocenters. The summed E-state index contributed by atoms with van der Waals surface area (Å²) in [6.07, 6.45) is 5.15. The molecule has 2 amide bonds. The summed E-state index contributed by atoms with van der Waals surface area (Å²) in [7, 11) is 0. The minimum Gasteiger partial charge on any atom is -0.505 e. The lowest BCUT2D eigenvalue weighted by molar-refractivity contribution is 0.195. The first-order valence-corrected chi connectivity index (χ1v) is 8.10. The van der Waals surface area contributed by atoms with Crippen LogP contribution in [0.2, 0.25) is 5.02 Å². The smallest absolute Gasteiger partial charge is 0.319 e. The van der Waals surface area contributed by atoms with Gasteiger partial charge >= 0.3 is 6.03 Å². The number of rotatable bonds is 4. The fourth-order valence-corrected chi connectivity index (χ4v) is 3.06. The van der Waals surface area contributed by atoms with E-state index in [0.29, 0.717) is 17.5 Å². The molecule has 6 heteroatoms. The highest BCUT2D eigenvalue weighted by Gasteiger charge is 2.17. The number of nitrogens with one attached hydrogen (secondary N) is 2. The van der Waals surface area contributed by atoms with Gasteiger partial charge in [-0.1, -0.05) is 30.9 Å². The van der Waals surface area contributed by atoms with E-state index in [1.165, 1.54) is 38.3 Å². The average molecular weight is 327 g/mol. The van der Waals surface area contributed by atoms with Crippen LogP contribution in [0.3, 0.4) is 0 Å². The summed E-state index contributed by atoms with van der Waals surface area (Å²) in [4.78, 5) is 12.0. The van der Waals surface area contributed by atoms with Crippen molar-refractivity contribution in [2.24, 2.45) is 5.92 Å². The molecule has 1 aromatic carbocycles. The number of urea groups is 1. The molecule has 0 bridgehead atoms. The number of anilines is 1. The highest BCUT2D eigenvalue weighted by atomic mass is 35.5. The van der Waals surface area contributed by atoms with Crippen LogP contribution in [0.25, 0.3) is 0 Å². The van der Waals surface area contributed by atoms with E-state index < -0.39 is 6.10 Å². The molecule has 4 N–H and O–H groups in total. The molecule has 1 aliphatic carbocycles. The number of benzene rings is 1. The van der Waals surface area contributed by atoms with Crippen molar-refractivity contribution in [2.75, 3.05) is 11.9 Å². The normalized spacial score (nSPS) is 17.0. The Morgan fingerprint density at radius 1 is 1.36 bits per heavy atom. The van der Waals surface area contributed by atoms with Crippen molar-refractivity contribution >= 4 is 23.3 Å². The zero-order chi connectivity index (χ0) is 16.1. The van der Waals surface area contributed by atoms with Gasteiger partial charge in [0.25, 0.3) is 0 Å². The van der Waals surface area contributed by atoms with Crippen LogP contribution < -0.4 is 10.6 Å². The quantitative estimate of drug-likeness (QED) is 0.635. The van der Waals surface area contributed by atoms with E-state index >= 15 is 0 Å². The van der Waals surface area contributed by atoms with E-state index in [9.17, 15) is 15.0 Å². The molecule has 1 saturated carbocycles. The number of carbonyl (C=O) groups excluding carboxylic acids is 1. The third kappa shape index (κ3) is 4.52. The van der Waals surface area contributed by atoms with Crippen molar-refractivity contribution in [1.82, 2.24) is 5.32 Å². The minimum absolute atomic E-state index is 0.160. The van der Waals surface area contributed by atoms with Crippen molar-refractivity contribution < 1.29 is 15.0 Å². The standard InChI is InChI=1S/C16H23ClN2O3/c1-10(20)13-7-12(17)8-14(15(13)21)19-16(22)18-9-11-5-3-2-4-6-11/h7-8,10-11,20-21H,2-6,9H2,1H3,(H2,18,19,22). The zero-order valence-corrected chi connectivity index (χ0v) is 13.5. The summed E-state index contributed by atoms with van der Waals surface area (Å²) in [5, 5.41) is 25.5. The molecule has 0 aromatic heterocycles. The van der Waals surface area contributed by atoms with Gasteiger partial charge in [-0.25, -0.2) is 4.79 Å². The number of hydrogen-bond donors (Lipinski definition) is 4. The Morgan fingerprint density at radius 3 is 2.68 bits per heavy atom. The van der Waals surface area contributed by atoms with Crippen LogP contribution in [0.15, 0.2) is 12.1 Å². The Morgan fingerprint density at radius 2 is 2.05 bits per heavy atom. The third-order valence-corrected chi connectivity index (χ3v) is 4.30. The number of aliphatic hydroxyl groups excluding tert-OH is 1. The molecule has 122 valence electrons. The lowest BCUT2D eigenvalue weighted by Crippen LogP contribution is -2.33. The summed E-state index contributed by atoms with van der Waals surface area (Å²) in [5.41, 5.74) is 0.486. The Kier molecular flexibility index (Phi) is 5.91. The molecule has 0 spiro atoms. The van der Waals surface area contributed by atoms with Crippen LogP contribution in [-0.4, -0.2) is 22.8 Å². The van der Waals surface area contributed by atoms with E-state index in [-0.39, 0.29) is 23.0 Å². The fourth-order valence-electron chi connectivity index (χ4n) is 2.83. The molecule has 1 aliphatic rings. The topological polar surface area (TPSA) is 81.6 Å². The van der Waals surface area contributed by atoms with Gasteiger partial charge in [-0.3, -0.25) is 0 Å². The molecule has 1 fully saturated rings. The van der Waals surface area contributed by atoms with Gasteiger partial charge in [-0.2, -0.15) is 0 Å². The van der Waals surface area contributed by atoms with Gasteiger partial charge in [0.15, 0.2) is 0 Å². The summed E-state index contributed by atoms with van der Waals surface area (Å²) in [6, 6.07) is 2.56. The first kappa shape index (κ1) is 16.9. The number of phenolic OH excluding ortho intramolecular Hbond substituents is 1. The molecular formula is C16H23ClN2O3. The van der Waals surface area contributed by atoms with Gasteiger partial charge in [-0.05, 0) is 37.8 Å². The summed E-state index contributed by atoms with van der Waals surface area (Å²) in [6.45, 7) is 2.16. The Balaban J connectivity index is 1.96. The summed E-state index contributed by atoms with van der Waals surface area (Å²) >= 11 is 5.95. The summed E-state index contributed by atoms with van der Waals surface area (Å²) in [5.74, 6) is 0.368. The van der Waals surface area contributed by atoms with Gasteiger partial charge < -0.3 is 20.8 Å². The van der Waals surface area contributed by atoms with Crippen LogP contribution in [0.5, 0.6) is 5.75 Å². The maximum absolute atomic E-state index is 12.0. The third-order valence-electron chi connectivity index (χ3n) is 4.08. The maximum Gasteiger partial charge on any atom is 0.319 e. The van der Waals surface area contributed by atoms with E-state index in [4.69, 9.17) is 11.6 Å². The van der Waals surface area contributed by atoms with Gasteiger partial charge in [0.1, 0.15) is 5.75 Å². The molecule has 1 unspecified atom stereocenters. The molecule has 0 heterocycles. The first-order valence-electron chi connectivity index (χ1n) is 7.72. The van der Waals surface area contributed by atoms with Crippen LogP contribution in [0.1, 0.15) is 50.7 Å². The van der Waals surface area contributed by atoms with Crippen LogP contribution in [0, 0.1) is 5.92 Å². The van der Waals surface area contributed by atoms with Crippen LogP contribution >= 0.6 is 11.6 Å². The van der Waals surface area contributed by atoms with Gasteiger partial charge in [-0.15, -0.1) is 0 Å². The van der Waals surface area contributed by atoms with Crippen molar-refractivity contribution in [3.8, 4) is 5.75 Å². The number of hydrogen-bond acceptors (Lipinski definition) is 3. The fraction of sp³-hybridized carbons (Fsp3) is 0.562. The van der Waals surface area contributed by atoms with E-state index in [1.54, 1.807) is 0 Å². The summed E-state index contributed by atoms with van der Waals surface area (Å²) < 4.78 is 0. The molecular weight excluding hydrogens is 304 g/mol. The largest absolute Gasteiger partial charge is 0.505 e. The number of carbonyl (C=O) groups is 1. The molecule has 22 heavy (non-hydrogen) atoms. The first-order chi connectivity index (χ1) is 10.5. The second-order valence-corrected chi connectivity index (χ2v) is 6.34. The van der Waals surface area contributed by atoms with E-state index in [1.807, 2.05) is 0 Å². The number of amides is 2. The zero-order valence-electron chi connectivity index (χ0n) is 12.7. The van der Waals surface area contributed by atoms with E-state index in [0.717, 1.165) is 12.8 Å². The maximum atomic E-state index is 12.0. The lowest BCUT2D eigenvalue weighted by Gasteiger charge is -2.22. The van der Waals surface area contributed by atoms with Gasteiger partial charge in [0.2, 0.25) is 0 Å². The van der Waals surface area contributed by atoms with E-state index in [2.05, 4.69) is 10.6 Å². The van der Waals surface area contributed by atoms with Crippen molar-refractivity contribution in [3.63, 3.8) is 0 Å². The van der Waals surface area contributed by atoms with Crippen molar-refractivity contribution in [2.45, 2.75) is 45.1 Å². The predicted octanol–water partition coefficient (Wildman–Crippen LogP) is 3.80. The molecule has 0 radical (unpaired) electrons. The number of aromatic hydroxyl groups is 1. The van der Waals surface area contributed by atoms with Gasteiger partial charge in [0.05, 0.1) is 11.8 Å². The molecule has 5 nitrogen and oxygen atoms in total. The SMILES string of the molecule is CC(O)c1cc(Cl)cc(NC(=O)NCC2CCCCC2)c1O. The number of aliphatic hydroxyl groups is 1. The minimum atomic E-state index is -0.871. The number of halogens is 1. The lowest BCUT2D eigenvalue weighted by atomic mass is 9.89. The highest BCUT2D eigenvalue weighted by Crippen LogP contribution is 2.35. The Bertz CT molecular complexity index is 528. The Labute approximate surface area is 135 Å². The second-order valence-electron chi connectivity index (χ2n) is 5.91. The van der Waals surface area contributed by atoms with Crippen LogP contribution in [-0.2, 0) is 0 Å². The predicted molar refractivity (Wildman–Crippen MR) is 87.3 cm³/mol. The number of phenols is 1. The second kappa shape index (κ2) is 7.70. The molecule has 2 rings (SSSR count). The monoisotopic (exact) mass is 326 g/mol. The van der Waals surface area contributed by atoms with Crippen LogP contribution in [0.4, 0.5) is 10.5 Å². The highest BCUT2D eigenvalue weighted by molar-refractivity contribution is 6.31. The van der Waals surface area contributed by atoms with Crippen molar-refractivity contribution in [3.05, 3.63) is 22.7 Å². The van der Waals surface area contributed by atoms with Gasteiger partial charge in [0, 0.05) is 17.1 Å². The molecule has 0 saturated heterocycles. The molecule has 0 aliphatic heterocycles. The average Bonchev–Trinajstić information content (AvgIpc) is 2.49.